The highest BCUT2D eigenvalue weighted by Crippen LogP contribution is 2.06. The van der Waals surface area contributed by atoms with Gasteiger partial charge in [0.05, 0.1) is 5.54 Å². The molecule has 1 atom stereocenters. The topological polar surface area (TPSA) is 38.0 Å². The summed E-state index contributed by atoms with van der Waals surface area (Å²) in [6.45, 7) is 2.70. The smallest absolute Gasteiger partial charge is 0.0647 e. The van der Waals surface area contributed by atoms with Gasteiger partial charge in [-0.05, 0) is 19.2 Å². The zero-order chi connectivity index (χ0) is 6.74. The lowest BCUT2D eigenvalue weighted by Gasteiger charge is -2.26. The van der Waals surface area contributed by atoms with Gasteiger partial charge >= 0.3 is 0 Å². The highest BCUT2D eigenvalue weighted by molar-refractivity contribution is 5.18. The van der Waals surface area contributed by atoms with Gasteiger partial charge in [-0.25, -0.2) is 0 Å². The van der Waals surface area contributed by atoms with E-state index in [1.165, 1.54) is 0 Å². The quantitative estimate of drug-likeness (QED) is 0.530. The highest BCUT2D eigenvalue weighted by atomic mass is 15.0. The van der Waals surface area contributed by atoms with Crippen molar-refractivity contribution >= 4 is 0 Å². The maximum Gasteiger partial charge on any atom is 0.0647 e. The molecule has 3 N–H and O–H groups in total. The van der Waals surface area contributed by atoms with Gasteiger partial charge in [-0.1, -0.05) is 12.2 Å². The number of rotatable bonds is 1. The lowest BCUT2D eigenvalue weighted by Crippen LogP contribution is -2.44. The summed E-state index contributed by atoms with van der Waals surface area (Å²) in [7, 11) is 0. The van der Waals surface area contributed by atoms with Crippen LogP contribution < -0.4 is 11.1 Å². The standard InChI is InChI=1S/C7H12N2/c1-7(6-8)4-2-3-5-9-7/h2-5,9H,6,8H2,1H3. The molecule has 0 saturated carbocycles. The lowest BCUT2D eigenvalue weighted by atomic mass is 10.0. The molecule has 0 aliphatic carbocycles. The molecule has 0 spiro atoms. The highest BCUT2D eigenvalue weighted by Gasteiger charge is 2.16. The van der Waals surface area contributed by atoms with Crippen LogP contribution >= 0.6 is 0 Å². The van der Waals surface area contributed by atoms with Gasteiger partial charge in [0.2, 0.25) is 0 Å². The van der Waals surface area contributed by atoms with Crippen molar-refractivity contribution in [1.82, 2.24) is 5.32 Å². The second-order valence-electron chi connectivity index (χ2n) is 2.48. The third-order valence-electron chi connectivity index (χ3n) is 1.51. The molecular formula is C7H12N2. The molecule has 0 aromatic heterocycles. The van der Waals surface area contributed by atoms with Crippen molar-refractivity contribution in [2.24, 2.45) is 5.73 Å². The minimum atomic E-state index is -0.0191. The monoisotopic (exact) mass is 124 g/mol. The third kappa shape index (κ3) is 1.33. The van der Waals surface area contributed by atoms with Gasteiger partial charge in [0.1, 0.15) is 0 Å². The van der Waals surface area contributed by atoms with Gasteiger partial charge in [0, 0.05) is 6.54 Å². The van der Waals surface area contributed by atoms with Crippen molar-refractivity contribution in [1.29, 1.82) is 0 Å². The minimum absolute atomic E-state index is 0.0191. The number of hydrogen-bond acceptors (Lipinski definition) is 2. The Morgan fingerprint density at radius 2 is 2.33 bits per heavy atom. The third-order valence-corrected chi connectivity index (χ3v) is 1.51. The maximum atomic E-state index is 5.49. The van der Waals surface area contributed by atoms with Crippen molar-refractivity contribution in [2.75, 3.05) is 6.54 Å². The van der Waals surface area contributed by atoms with Crippen LogP contribution in [0.3, 0.4) is 0 Å². The van der Waals surface area contributed by atoms with Gasteiger partial charge < -0.3 is 11.1 Å². The molecular weight excluding hydrogens is 112 g/mol. The van der Waals surface area contributed by atoms with Crippen LogP contribution in [0, 0.1) is 0 Å². The fourth-order valence-corrected chi connectivity index (χ4v) is 0.737. The summed E-state index contributed by atoms with van der Waals surface area (Å²) < 4.78 is 0. The summed E-state index contributed by atoms with van der Waals surface area (Å²) in [5.74, 6) is 0. The molecule has 1 aliphatic rings. The molecule has 0 amide bonds. The summed E-state index contributed by atoms with van der Waals surface area (Å²) in [5, 5.41) is 3.15. The molecule has 50 valence electrons. The molecule has 0 aromatic carbocycles. The molecule has 0 fully saturated rings. The van der Waals surface area contributed by atoms with Gasteiger partial charge in [0.25, 0.3) is 0 Å². The van der Waals surface area contributed by atoms with E-state index in [0.29, 0.717) is 6.54 Å². The molecule has 0 bridgehead atoms. The molecule has 1 heterocycles. The van der Waals surface area contributed by atoms with E-state index in [1.54, 1.807) is 0 Å². The van der Waals surface area contributed by atoms with Gasteiger partial charge in [-0.2, -0.15) is 0 Å². The van der Waals surface area contributed by atoms with Crippen LogP contribution in [-0.4, -0.2) is 12.1 Å². The first kappa shape index (κ1) is 6.36. The number of allylic oxidation sites excluding steroid dienone is 2. The van der Waals surface area contributed by atoms with E-state index in [0.717, 1.165) is 0 Å². The van der Waals surface area contributed by atoms with E-state index in [9.17, 15) is 0 Å². The van der Waals surface area contributed by atoms with E-state index in [4.69, 9.17) is 5.73 Å². The van der Waals surface area contributed by atoms with Crippen LogP contribution in [0.25, 0.3) is 0 Å². The Kier molecular flexibility index (Phi) is 1.58. The fraction of sp³-hybridized carbons (Fsp3) is 0.429. The molecule has 1 unspecified atom stereocenters. The average molecular weight is 124 g/mol. The van der Waals surface area contributed by atoms with E-state index in [1.807, 2.05) is 18.4 Å². The maximum absolute atomic E-state index is 5.49. The predicted octanol–water partition coefficient (Wildman–Crippen LogP) is 0.377. The molecule has 1 aliphatic heterocycles. The summed E-state index contributed by atoms with van der Waals surface area (Å²) >= 11 is 0. The zero-order valence-corrected chi connectivity index (χ0v) is 5.59. The van der Waals surface area contributed by atoms with Crippen LogP contribution in [0.4, 0.5) is 0 Å². The molecule has 1 rings (SSSR count). The Bertz CT molecular complexity index is 149. The number of hydrogen-bond donors (Lipinski definition) is 2. The van der Waals surface area contributed by atoms with Crippen molar-refractivity contribution < 1.29 is 0 Å². The molecule has 2 nitrogen and oxygen atoms in total. The normalized spacial score (nSPS) is 32.2. The fourth-order valence-electron chi connectivity index (χ4n) is 0.737. The van der Waals surface area contributed by atoms with Crippen LogP contribution in [0.2, 0.25) is 0 Å². The lowest BCUT2D eigenvalue weighted by molar-refractivity contribution is 0.507. The molecule has 0 radical (unpaired) electrons. The Morgan fingerprint density at radius 3 is 2.67 bits per heavy atom. The minimum Gasteiger partial charge on any atom is -0.381 e. The van der Waals surface area contributed by atoms with Crippen LogP contribution in [0.15, 0.2) is 24.4 Å². The van der Waals surface area contributed by atoms with Crippen LogP contribution in [0.1, 0.15) is 6.92 Å². The second kappa shape index (κ2) is 2.23. The van der Waals surface area contributed by atoms with Crippen molar-refractivity contribution in [3.05, 3.63) is 24.4 Å². The largest absolute Gasteiger partial charge is 0.381 e. The number of dihydropyridines is 1. The van der Waals surface area contributed by atoms with Gasteiger partial charge in [-0.3, -0.25) is 0 Å². The van der Waals surface area contributed by atoms with E-state index in [-0.39, 0.29) is 5.54 Å². The first-order valence-electron chi connectivity index (χ1n) is 3.09. The van der Waals surface area contributed by atoms with Gasteiger partial charge in [0.15, 0.2) is 0 Å². The van der Waals surface area contributed by atoms with Crippen molar-refractivity contribution in [3.63, 3.8) is 0 Å². The summed E-state index contributed by atoms with van der Waals surface area (Å²) in [6, 6.07) is 0. The predicted molar refractivity (Wildman–Crippen MR) is 38.9 cm³/mol. The van der Waals surface area contributed by atoms with E-state index >= 15 is 0 Å². The molecule has 2 heteroatoms. The number of nitrogens with one attached hydrogen (secondary N) is 1. The Morgan fingerprint density at radius 1 is 1.56 bits per heavy atom. The first-order chi connectivity index (χ1) is 4.27. The molecule has 0 saturated heterocycles. The summed E-state index contributed by atoms with van der Waals surface area (Å²) in [4.78, 5) is 0. The van der Waals surface area contributed by atoms with Crippen molar-refractivity contribution in [2.45, 2.75) is 12.5 Å². The Labute approximate surface area is 55.4 Å². The van der Waals surface area contributed by atoms with Crippen LogP contribution in [-0.2, 0) is 0 Å². The Balaban J connectivity index is 2.63. The SMILES string of the molecule is CC1(CN)C=CC=CN1. The first-order valence-corrected chi connectivity index (χ1v) is 3.09. The zero-order valence-electron chi connectivity index (χ0n) is 5.59. The van der Waals surface area contributed by atoms with E-state index in [2.05, 4.69) is 18.3 Å². The molecule has 0 aromatic rings. The average Bonchev–Trinajstić information content (AvgIpc) is 1.90. The summed E-state index contributed by atoms with van der Waals surface area (Å²) in [6.07, 6.45) is 7.93. The molecule has 9 heavy (non-hydrogen) atoms. The number of nitrogens with two attached hydrogens (primary N) is 1. The van der Waals surface area contributed by atoms with Gasteiger partial charge in [-0.15, -0.1) is 0 Å². The Hall–Kier alpha value is -0.760. The van der Waals surface area contributed by atoms with E-state index < -0.39 is 0 Å². The van der Waals surface area contributed by atoms with Crippen LogP contribution in [0.5, 0.6) is 0 Å². The van der Waals surface area contributed by atoms with Crippen molar-refractivity contribution in [3.8, 4) is 0 Å². The second-order valence-corrected chi connectivity index (χ2v) is 2.48. The summed E-state index contributed by atoms with van der Waals surface area (Å²) in [5.41, 5.74) is 5.47.